The van der Waals surface area contributed by atoms with E-state index in [1.807, 2.05) is 30.3 Å². The molecule has 0 fully saturated rings. The molecule has 0 amide bonds. The van der Waals surface area contributed by atoms with Crippen molar-refractivity contribution in [2.45, 2.75) is 6.42 Å². The number of benzene rings is 2. The molecule has 2 rings (SSSR count). The number of hydrogen-bond acceptors (Lipinski definition) is 2. The summed E-state index contributed by atoms with van der Waals surface area (Å²) in [5.74, 6) is -0.183. The Morgan fingerprint density at radius 3 is 2.53 bits per heavy atom. The first-order valence-corrected chi connectivity index (χ1v) is 6.17. The highest BCUT2D eigenvalue weighted by Crippen LogP contribution is 2.13. The quantitative estimate of drug-likeness (QED) is 0.820. The summed E-state index contributed by atoms with van der Waals surface area (Å²) in [5, 5.41) is 0. The molecule has 0 aliphatic carbocycles. The van der Waals surface area contributed by atoms with E-state index >= 15 is 0 Å². The molecule has 0 unspecified atom stereocenters. The summed E-state index contributed by atoms with van der Waals surface area (Å²) in [6.45, 7) is 0.276. The van der Waals surface area contributed by atoms with Crippen molar-refractivity contribution in [1.82, 2.24) is 0 Å². The fourth-order valence-electron chi connectivity index (χ4n) is 1.95. The maximum absolute atomic E-state index is 13.1. The van der Waals surface area contributed by atoms with Gasteiger partial charge in [0.1, 0.15) is 5.82 Å². The van der Waals surface area contributed by atoms with Crippen LogP contribution in [0.5, 0.6) is 0 Å². The van der Waals surface area contributed by atoms with E-state index in [0.717, 1.165) is 5.56 Å². The Kier molecular flexibility index (Phi) is 4.29. The zero-order chi connectivity index (χ0) is 13.7. The maximum Gasteiger partial charge on any atom is 0.156 e. The smallest absolute Gasteiger partial charge is 0.156 e. The molecule has 2 aromatic carbocycles. The second-order valence-electron chi connectivity index (χ2n) is 4.54. The first-order valence-electron chi connectivity index (χ1n) is 6.17. The van der Waals surface area contributed by atoms with Gasteiger partial charge in [-0.1, -0.05) is 36.4 Å². The third-order valence-corrected chi connectivity index (χ3v) is 2.91. The average Bonchev–Trinajstić information content (AvgIpc) is 2.39. The monoisotopic (exact) mass is 257 g/mol. The van der Waals surface area contributed by atoms with Crippen molar-refractivity contribution in [2.24, 2.45) is 0 Å². The first-order chi connectivity index (χ1) is 9.15. The standard InChI is InChI=1S/C16H16FNO/c1-18(15-9-5-8-14(17)11-15)12-16(19)10-13-6-3-2-4-7-13/h2-9,11H,10,12H2,1H3. The second kappa shape index (κ2) is 6.14. The van der Waals surface area contributed by atoms with Crippen molar-refractivity contribution in [3.8, 4) is 0 Å². The van der Waals surface area contributed by atoms with E-state index in [1.54, 1.807) is 24.1 Å². The molecule has 0 radical (unpaired) electrons. The summed E-state index contributed by atoms with van der Waals surface area (Å²) in [7, 11) is 1.79. The Morgan fingerprint density at radius 2 is 1.84 bits per heavy atom. The van der Waals surface area contributed by atoms with Crippen molar-refractivity contribution in [2.75, 3.05) is 18.5 Å². The van der Waals surface area contributed by atoms with Gasteiger partial charge in [0.05, 0.1) is 6.54 Å². The molecular formula is C16H16FNO. The lowest BCUT2D eigenvalue weighted by atomic mass is 10.1. The lowest BCUT2D eigenvalue weighted by molar-refractivity contribution is -0.117. The highest BCUT2D eigenvalue weighted by molar-refractivity contribution is 5.85. The SMILES string of the molecule is CN(CC(=O)Cc1ccccc1)c1cccc(F)c1. The lowest BCUT2D eigenvalue weighted by Gasteiger charge is -2.18. The number of hydrogen-bond donors (Lipinski definition) is 0. The molecule has 19 heavy (non-hydrogen) atoms. The van der Waals surface area contributed by atoms with Crippen molar-refractivity contribution in [3.63, 3.8) is 0 Å². The van der Waals surface area contributed by atoms with E-state index in [-0.39, 0.29) is 18.1 Å². The molecule has 0 aliphatic rings. The minimum atomic E-state index is -0.292. The van der Waals surface area contributed by atoms with Gasteiger partial charge in [-0.3, -0.25) is 4.79 Å². The molecule has 2 aromatic rings. The Bertz CT molecular complexity index is 554. The predicted molar refractivity (Wildman–Crippen MR) is 74.8 cm³/mol. The average molecular weight is 257 g/mol. The minimum absolute atomic E-state index is 0.109. The molecule has 98 valence electrons. The highest BCUT2D eigenvalue weighted by atomic mass is 19.1. The number of halogens is 1. The van der Waals surface area contributed by atoms with Crippen LogP contribution < -0.4 is 4.90 Å². The largest absolute Gasteiger partial charge is 0.367 e. The van der Waals surface area contributed by atoms with Crippen LogP contribution in [0.1, 0.15) is 5.56 Å². The molecule has 0 aromatic heterocycles. The maximum atomic E-state index is 13.1. The van der Waals surface area contributed by atoms with Crippen molar-refractivity contribution in [1.29, 1.82) is 0 Å². The molecule has 0 atom stereocenters. The zero-order valence-electron chi connectivity index (χ0n) is 10.8. The normalized spacial score (nSPS) is 10.2. The van der Waals surface area contributed by atoms with Gasteiger partial charge in [-0.15, -0.1) is 0 Å². The van der Waals surface area contributed by atoms with E-state index in [0.29, 0.717) is 12.1 Å². The molecule has 0 saturated heterocycles. The highest BCUT2D eigenvalue weighted by Gasteiger charge is 2.08. The van der Waals surface area contributed by atoms with Crippen LogP contribution in [0, 0.1) is 5.82 Å². The molecule has 2 nitrogen and oxygen atoms in total. The van der Waals surface area contributed by atoms with Crippen LogP contribution in [-0.2, 0) is 11.2 Å². The van der Waals surface area contributed by atoms with Gasteiger partial charge < -0.3 is 4.90 Å². The summed E-state index contributed by atoms with van der Waals surface area (Å²) in [6, 6.07) is 15.9. The van der Waals surface area contributed by atoms with Gasteiger partial charge in [0, 0.05) is 19.2 Å². The summed E-state index contributed by atoms with van der Waals surface area (Å²) < 4.78 is 13.1. The number of nitrogens with zero attached hydrogens (tertiary/aromatic N) is 1. The van der Waals surface area contributed by atoms with Gasteiger partial charge in [0.25, 0.3) is 0 Å². The van der Waals surface area contributed by atoms with Crippen LogP contribution in [0.15, 0.2) is 54.6 Å². The molecule has 0 saturated carbocycles. The van der Waals surface area contributed by atoms with E-state index < -0.39 is 0 Å². The number of carbonyl (C=O) groups excluding carboxylic acids is 1. The lowest BCUT2D eigenvalue weighted by Crippen LogP contribution is -2.26. The third-order valence-electron chi connectivity index (χ3n) is 2.91. The first kappa shape index (κ1) is 13.3. The fraction of sp³-hybridized carbons (Fsp3) is 0.188. The van der Waals surface area contributed by atoms with Crippen LogP contribution in [-0.4, -0.2) is 19.4 Å². The van der Waals surface area contributed by atoms with Crippen molar-refractivity contribution in [3.05, 3.63) is 66.0 Å². The van der Waals surface area contributed by atoms with Crippen LogP contribution in [0.4, 0.5) is 10.1 Å². The van der Waals surface area contributed by atoms with Crippen LogP contribution in [0.3, 0.4) is 0 Å². The minimum Gasteiger partial charge on any atom is -0.367 e. The Hall–Kier alpha value is -2.16. The number of ketones is 1. The van der Waals surface area contributed by atoms with Gasteiger partial charge in [0.15, 0.2) is 5.78 Å². The number of anilines is 1. The topological polar surface area (TPSA) is 20.3 Å². The van der Waals surface area contributed by atoms with Crippen LogP contribution in [0.25, 0.3) is 0 Å². The zero-order valence-corrected chi connectivity index (χ0v) is 10.8. The molecule has 0 bridgehead atoms. The van der Waals surface area contributed by atoms with E-state index in [4.69, 9.17) is 0 Å². The second-order valence-corrected chi connectivity index (χ2v) is 4.54. The number of Topliss-reactive ketones (excluding diaryl/α,β-unsaturated/α-hetero) is 1. The van der Waals surface area contributed by atoms with Gasteiger partial charge in [-0.2, -0.15) is 0 Å². The molecule has 0 aliphatic heterocycles. The molecule has 3 heteroatoms. The summed E-state index contributed by atoms with van der Waals surface area (Å²) >= 11 is 0. The van der Waals surface area contributed by atoms with E-state index in [2.05, 4.69) is 0 Å². The van der Waals surface area contributed by atoms with E-state index in [9.17, 15) is 9.18 Å². The molecular weight excluding hydrogens is 241 g/mol. The number of likely N-dealkylation sites (N-methyl/N-ethyl adjacent to an activating group) is 1. The number of rotatable bonds is 5. The van der Waals surface area contributed by atoms with Crippen LogP contribution >= 0.6 is 0 Å². The van der Waals surface area contributed by atoms with Crippen LogP contribution in [0.2, 0.25) is 0 Å². The summed E-state index contributed by atoms with van der Waals surface area (Å²) in [6.07, 6.45) is 0.403. The Balaban J connectivity index is 1.95. The van der Waals surface area contributed by atoms with Gasteiger partial charge >= 0.3 is 0 Å². The molecule has 0 spiro atoms. The summed E-state index contributed by atoms with van der Waals surface area (Å²) in [5.41, 5.74) is 1.71. The number of carbonyl (C=O) groups is 1. The Labute approximate surface area is 112 Å². The third kappa shape index (κ3) is 3.91. The van der Waals surface area contributed by atoms with Crippen molar-refractivity contribution < 1.29 is 9.18 Å². The fourth-order valence-corrected chi connectivity index (χ4v) is 1.95. The van der Waals surface area contributed by atoms with Gasteiger partial charge in [0.2, 0.25) is 0 Å². The molecule has 0 N–H and O–H groups in total. The van der Waals surface area contributed by atoms with E-state index in [1.165, 1.54) is 12.1 Å². The van der Waals surface area contributed by atoms with Gasteiger partial charge in [-0.05, 0) is 23.8 Å². The van der Waals surface area contributed by atoms with Crippen molar-refractivity contribution >= 4 is 11.5 Å². The predicted octanol–water partition coefficient (Wildman–Crippen LogP) is 3.07. The summed E-state index contributed by atoms with van der Waals surface area (Å²) in [4.78, 5) is 13.7. The van der Waals surface area contributed by atoms with Gasteiger partial charge in [-0.25, -0.2) is 4.39 Å². The Morgan fingerprint density at radius 1 is 1.11 bits per heavy atom. The molecule has 0 heterocycles.